The normalized spacial score (nSPS) is 20.6. The molecule has 1 fully saturated rings. The Morgan fingerprint density at radius 3 is 2.70 bits per heavy atom. The molecule has 2 N–H and O–H groups in total. The molecule has 2 atom stereocenters. The van der Waals surface area contributed by atoms with Gasteiger partial charge in [0.2, 0.25) is 0 Å². The maximum absolute atomic E-state index is 13.2. The number of rotatable bonds is 3. The van der Waals surface area contributed by atoms with E-state index in [4.69, 9.17) is 12.2 Å². The van der Waals surface area contributed by atoms with Crippen LogP contribution in [-0.4, -0.2) is 27.7 Å². The number of aromatic amines is 1. The Hall–Kier alpha value is -2.16. The van der Waals surface area contributed by atoms with Crippen molar-refractivity contribution in [3.05, 3.63) is 38.9 Å². The monoisotopic (exact) mass is 399 g/mol. The van der Waals surface area contributed by atoms with E-state index in [1.807, 2.05) is 0 Å². The van der Waals surface area contributed by atoms with Gasteiger partial charge in [-0.25, -0.2) is 0 Å². The Morgan fingerprint density at radius 2 is 2.04 bits per heavy atom. The molecule has 1 aromatic carbocycles. The Morgan fingerprint density at radius 1 is 1.33 bits per heavy atom. The van der Waals surface area contributed by atoms with E-state index >= 15 is 0 Å². The number of benzene rings is 1. The summed E-state index contributed by atoms with van der Waals surface area (Å²) in [6.07, 6.45) is -2.85. The first-order valence-electron chi connectivity index (χ1n) is 8.87. The largest absolute Gasteiger partial charge is 0.393 e. The number of hydrogen-bond donors (Lipinski definition) is 2. The summed E-state index contributed by atoms with van der Waals surface area (Å²) < 4.78 is 41.3. The Kier molecular flexibility index (Phi) is 5.41. The highest BCUT2D eigenvalue weighted by molar-refractivity contribution is 7.71. The number of nitrogens with one attached hydrogen (secondary N) is 2. The smallest absolute Gasteiger partial charge is 0.349 e. The fourth-order valence-electron chi connectivity index (χ4n) is 3.63. The predicted molar refractivity (Wildman–Crippen MR) is 98.3 cm³/mol. The minimum atomic E-state index is -4.34. The van der Waals surface area contributed by atoms with E-state index in [-0.39, 0.29) is 22.3 Å². The lowest BCUT2D eigenvalue weighted by atomic mass is 9.84. The molecule has 1 saturated carbocycles. The Bertz CT molecular complexity index is 980. The van der Waals surface area contributed by atoms with E-state index in [2.05, 4.69) is 10.3 Å². The van der Waals surface area contributed by atoms with E-state index in [1.54, 1.807) is 6.92 Å². The van der Waals surface area contributed by atoms with Crippen LogP contribution in [-0.2, 0) is 6.54 Å². The molecular weight excluding hydrogens is 379 g/mol. The molecule has 146 valence electrons. The molecule has 1 aliphatic rings. The van der Waals surface area contributed by atoms with E-state index < -0.39 is 24.0 Å². The molecule has 5 nitrogen and oxygen atoms in total. The van der Waals surface area contributed by atoms with Crippen LogP contribution in [0.25, 0.3) is 10.9 Å². The quantitative estimate of drug-likeness (QED) is 0.769. The molecular formula is C18H20F3N3O2S. The predicted octanol–water partition coefficient (Wildman–Crippen LogP) is 3.93. The molecule has 0 aliphatic heterocycles. The summed E-state index contributed by atoms with van der Waals surface area (Å²) in [5.41, 5.74) is 0.305. The van der Waals surface area contributed by atoms with Crippen LogP contribution in [0, 0.1) is 10.7 Å². The topological polar surface area (TPSA) is 66.9 Å². The van der Waals surface area contributed by atoms with Gasteiger partial charge in [-0.05, 0) is 50.2 Å². The molecule has 2 aromatic rings. The van der Waals surface area contributed by atoms with Crippen LogP contribution in [0.5, 0.6) is 0 Å². The number of carbonyl (C=O) groups excluding carboxylic acids is 1. The van der Waals surface area contributed by atoms with Crippen molar-refractivity contribution in [2.45, 2.75) is 51.4 Å². The molecule has 0 bridgehead atoms. The van der Waals surface area contributed by atoms with Gasteiger partial charge in [0.1, 0.15) is 0 Å². The zero-order chi connectivity index (χ0) is 19.8. The zero-order valence-electron chi connectivity index (χ0n) is 14.7. The highest BCUT2D eigenvalue weighted by atomic mass is 32.1. The molecule has 0 spiro atoms. The second kappa shape index (κ2) is 7.46. The van der Waals surface area contributed by atoms with Crippen molar-refractivity contribution in [2.24, 2.45) is 5.92 Å². The average Bonchev–Trinajstić information content (AvgIpc) is 2.61. The SMILES string of the molecule is CCn1c(=S)[nH]c2cc(C(=O)N[C@H]3CCCC[C@@H]3C(F)(F)F)ccc2c1=O. The van der Waals surface area contributed by atoms with Crippen LogP contribution in [0.4, 0.5) is 13.2 Å². The molecule has 27 heavy (non-hydrogen) atoms. The molecule has 0 saturated heterocycles. The lowest BCUT2D eigenvalue weighted by Crippen LogP contribution is -2.47. The van der Waals surface area contributed by atoms with Crippen molar-refractivity contribution < 1.29 is 18.0 Å². The first-order valence-corrected chi connectivity index (χ1v) is 9.27. The molecule has 1 aliphatic carbocycles. The third-order valence-electron chi connectivity index (χ3n) is 5.06. The zero-order valence-corrected chi connectivity index (χ0v) is 15.5. The van der Waals surface area contributed by atoms with Crippen molar-refractivity contribution in [1.29, 1.82) is 0 Å². The molecule has 9 heteroatoms. The fraction of sp³-hybridized carbons (Fsp3) is 0.500. The molecule has 1 heterocycles. The van der Waals surface area contributed by atoms with E-state index in [0.717, 1.165) is 0 Å². The van der Waals surface area contributed by atoms with Crippen molar-refractivity contribution in [2.75, 3.05) is 0 Å². The maximum atomic E-state index is 13.2. The fourth-order valence-corrected chi connectivity index (χ4v) is 3.95. The summed E-state index contributed by atoms with van der Waals surface area (Å²) in [7, 11) is 0. The number of nitrogens with zero attached hydrogens (tertiary/aromatic N) is 1. The lowest BCUT2D eigenvalue weighted by molar-refractivity contribution is -0.187. The van der Waals surface area contributed by atoms with Crippen LogP contribution < -0.4 is 10.9 Å². The van der Waals surface area contributed by atoms with E-state index in [9.17, 15) is 22.8 Å². The van der Waals surface area contributed by atoms with Gasteiger partial charge in [0.05, 0.1) is 16.8 Å². The number of aromatic nitrogens is 2. The molecule has 1 aromatic heterocycles. The molecule has 0 unspecified atom stereocenters. The number of alkyl halides is 3. The number of H-pyrrole nitrogens is 1. The van der Waals surface area contributed by atoms with Gasteiger partial charge in [-0.15, -0.1) is 0 Å². The number of fused-ring (bicyclic) bond motifs is 1. The van der Waals surface area contributed by atoms with Crippen molar-refractivity contribution in [3.8, 4) is 0 Å². The van der Waals surface area contributed by atoms with Crippen molar-refractivity contribution >= 4 is 29.0 Å². The van der Waals surface area contributed by atoms with E-state index in [0.29, 0.717) is 36.7 Å². The average molecular weight is 399 g/mol. The summed E-state index contributed by atoms with van der Waals surface area (Å²) in [4.78, 5) is 27.8. The Balaban J connectivity index is 1.90. The van der Waals surface area contributed by atoms with Gasteiger partial charge >= 0.3 is 6.18 Å². The van der Waals surface area contributed by atoms with Gasteiger partial charge in [-0.2, -0.15) is 13.2 Å². The van der Waals surface area contributed by atoms with Crippen molar-refractivity contribution in [3.63, 3.8) is 0 Å². The first-order chi connectivity index (χ1) is 12.7. The number of halogens is 3. The van der Waals surface area contributed by atoms with Gasteiger partial charge in [0.25, 0.3) is 11.5 Å². The first kappa shape index (κ1) is 19.6. The highest BCUT2D eigenvalue weighted by Gasteiger charge is 2.46. The minimum Gasteiger partial charge on any atom is -0.349 e. The third kappa shape index (κ3) is 3.92. The maximum Gasteiger partial charge on any atom is 0.393 e. The van der Waals surface area contributed by atoms with Crippen LogP contribution in [0.2, 0.25) is 0 Å². The Labute approximate surface area is 158 Å². The van der Waals surface area contributed by atoms with Gasteiger partial charge < -0.3 is 10.3 Å². The number of carbonyl (C=O) groups is 1. The summed E-state index contributed by atoms with van der Waals surface area (Å²) in [5, 5.41) is 2.89. The van der Waals surface area contributed by atoms with Crippen LogP contribution in [0.3, 0.4) is 0 Å². The second-order valence-corrected chi connectivity index (χ2v) is 7.14. The summed E-state index contributed by atoms with van der Waals surface area (Å²) in [6, 6.07) is 3.45. The standard InChI is InChI=1S/C18H20F3N3O2S/c1-2-24-16(26)11-8-7-10(9-14(11)23-17(24)27)15(25)22-13-6-4-3-5-12(13)18(19,20)21/h7-9,12-13H,2-6H2,1H3,(H,22,25)(H,23,27)/t12-,13-/m0/s1. The summed E-state index contributed by atoms with van der Waals surface area (Å²) >= 11 is 5.14. The molecule has 0 radical (unpaired) electrons. The van der Waals surface area contributed by atoms with Gasteiger partial charge in [-0.3, -0.25) is 14.2 Å². The summed E-state index contributed by atoms with van der Waals surface area (Å²) in [5.74, 6) is -2.12. The van der Waals surface area contributed by atoms with Crippen LogP contribution in [0.1, 0.15) is 43.0 Å². The molecule has 3 rings (SSSR count). The van der Waals surface area contributed by atoms with Crippen molar-refractivity contribution in [1.82, 2.24) is 14.9 Å². The van der Waals surface area contributed by atoms with Gasteiger partial charge in [0.15, 0.2) is 4.77 Å². The van der Waals surface area contributed by atoms with Gasteiger partial charge in [-0.1, -0.05) is 12.8 Å². The third-order valence-corrected chi connectivity index (χ3v) is 5.39. The lowest BCUT2D eigenvalue weighted by Gasteiger charge is -2.33. The summed E-state index contributed by atoms with van der Waals surface area (Å²) in [6.45, 7) is 2.20. The second-order valence-electron chi connectivity index (χ2n) is 6.75. The molecule has 1 amide bonds. The minimum absolute atomic E-state index is 0.0236. The van der Waals surface area contributed by atoms with Gasteiger partial charge in [0, 0.05) is 18.2 Å². The van der Waals surface area contributed by atoms with Crippen LogP contribution >= 0.6 is 12.2 Å². The number of hydrogen-bond acceptors (Lipinski definition) is 3. The van der Waals surface area contributed by atoms with Crippen LogP contribution in [0.15, 0.2) is 23.0 Å². The highest BCUT2D eigenvalue weighted by Crippen LogP contribution is 2.37. The number of amides is 1. The van der Waals surface area contributed by atoms with E-state index in [1.165, 1.54) is 22.8 Å².